The molecule has 1 aliphatic rings. The van der Waals surface area contributed by atoms with Gasteiger partial charge < -0.3 is 24.8 Å². The molecule has 2 aromatic rings. The number of fused-ring (bicyclic) bond motifs is 1. The Morgan fingerprint density at radius 1 is 1.00 bits per heavy atom. The minimum Gasteiger partial charge on any atom is -1.00 e. The van der Waals surface area contributed by atoms with Gasteiger partial charge in [-0.3, -0.25) is 0 Å². The first kappa shape index (κ1) is 18.5. The average Bonchev–Trinajstić information content (AvgIpc) is 2.83. The van der Waals surface area contributed by atoms with Gasteiger partial charge >= 0.3 is 125 Å². The van der Waals surface area contributed by atoms with Crippen molar-refractivity contribution in [3.05, 3.63) is 63.7 Å². The molecule has 4 heteroatoms. The SMILES string of the molecule is C=C1C=c2ccccc2=[C]1[Zr+2][c]1[nH]c(C)c(C)c1C.[Cl-].[Cl-]. The van der Waals surface area contributed by atoms with Crippen molar-refractivity contribution < 1.29 is 48.0 Å². The fourth-order valence-electron chi connectivity index (χ4n) is 2.52. The average molecular weight is 397 g/mol. The summed E-state index contributed by atoms with van der Waals surface area (Å²) < 4.78 is 3.00. The zero-order valence-corrected chi connectivity index (χ0v) is 16.3. The Kier molecular flexibility index (Phi) is 6.28. The van der Waals surface area contributed by atoms with E-state index in [-0.39, 0.29) is 24.8 Å². The van der Waals surface area contributed by atoms with Crippen LogP contribution in [0, 0.1) is 20.8 Å². The van der Waals surface area contributed by atoms with Gasteiger partial charge in [0, 0.05) is 0 Å². The Balaban J connectivity index is 0.00000110. The van der Waals surface area contributed by atoms with Crippen LogP contribution in [0.3, 0.4) is 0 Å². The van der Waals surface area contributed by atoms with Crippen molar-refractivity contribution in [1.82, 2.24) is 4.98 Å². The Morgan fingerprint density at radius 2 is 1.67 bits per heavy atom. The fraction of sp³-hybridized carbons (Fsp3) is 0.176. The van der Waals surface area contributed by atoms with Crippen LogP contribution >= 0.6 is 0 Å². The molecular weight excluding hydrogens is 380 g/mol. The molecule has 1 N–H and O–H groups in total. The second-order valence-corrected chi connectivity index (χ2v) is 8.20. The van der Waals surface area contributed by atoms with Gasteiger partial charge in [0.05, 0.1) is 0 Å². The summed E-state index contributed by atoms with van der Waals surface area (Å²) in [6.07, 6.45) is 2.23. The van der Waals surface area contributed by atoms with E-state index in [4.69, 9.17) is 0 Å². The van der Waals surface area contributed by atoms with Crippen molar-refractivity contribution in [1.29, 1.82) is 0 Å². The van der Waals surface area contributed by atoms with Crippen LogP contribution in [0.25, 0.3) is 9.36 Å². The molecule has 0 fully saturated rings. The van der Waals surface area contributed by atoms with Crippen molar-refractivity contribution in [3.8, 4) is 0 Å². The number of rotatable bonds is 2. The molecule has 0 spiro atoms. The van der Waals surface area contributed by atoms with E-state index in [9.17, 15) is 0 Å². The second-order valence-electron chi connectivity index (χ2n) is 5.13. The Bertz CT molecular complexity index is 803. The molecule has 0 unspecified atom stereocenters. The summed E-state index contributed by atoms with van der Waals surface area (Å²) in [7, 11) is 0. The third-order valence-electron chi connectivity index (χ3n) is 3.94. The molecule has 0 aliphatic heterocycles. The van der Waals surface area contributed by atoms with E-state index < -0.39 is 23.2 Å². The maximum Gasteiger partial charge on any atom is -1.00 e. The molecule has 1 aromatic heterocycles. The van der Waals surface area contributed by atoms with Crippen LogP contribution in [0.15, 0.2) is 36.4 Å². The number of allylic oxidation sites excluding steroid dienone is 1. The number of H-pyrrole nitrogens is 1. The molecule has 0 bridgehead atoms. The number of hydrogen-bond acceptors (Lipinski definition) is 0. The van der Waals surface area contributed by atoms with E-state index in [1.54, 1.807) is 0 Å². The van der Waals surface area contributed by atoms with Gasteiger partial charge in [-0.2, -0.15) is 0 Å². The summed E-state index contributed by atoms with van der Waals surface area (Å²) in [6, 6.07) is 8.65. The Labute approximate surface area is 149 Å². The van der Waals surface area contributed by atoms with Crippen LogP contribution in [0.2, 0.25) is 0 Å². The molecule has 1 heterocycles. The summed E-state index contributed by atoms with van der Waals surface area (Å²) in [5.74, 6) is 0. The van der Waals surface area contributed by atoms with E-state index in [2.05, 4.69) is 62.7 Å². The molecule has 21 heavy (non-hydrogen) atoms. The Hall–Kier alpha value is -0.557. The molecule has 0 atom stereocenters. The van der Waals surface area contributed by atoms with Gasteiger partial charge in [0.25, 0.3) is 0 Å². The quantitative estimate of drug-likeness (QED) is 0.529. The van der Waals surface area contributed by atoms with Crippen molar-refractivity contribution in [2.75, 3.05) is 0 Å². The van der Waals surface area contributed by atoms with Gasteiger partial charge in [0.1, 0.15) is 0 Å². The number of aromatic nitrogens is 1. The zero-order chi connectivity index (χ0) is 13.6. The van der Waals surface area contributed by atoms with Gasteiger partial charge in [-0.25, -0.2) is 0 Å². The molecule has 0 amide bonds. The van der Waals surface area contributed by atoms with Crippen LogP contribution in [0.1, 0.15) is 16.8 Å². The number of aromatic amines is 1. The first-order valence-electron chi connectivity index (χ1n) is 6.51. The third-order valence-corrected chi connectivity index (χ3v) is 7.85. The number of aryl methyl sites for hydroxylation is 1. The summed E-state index contributed by atoms with van der Waals surface area (Å²) in [5.41, 5.74) is 5.40. The first-order valence-corrected chi connectivity index (χ1v) is 8.97. The van der Waals surface area contributed by atoms with E-state index in [1.165, 1.54) is 39.5 Å². The van der Waals surface area contributed by atoms with E-state index in [0.29, 0.717) is 0 Å². The minimum atomic E-state index is -0.810. The third kappa shape index (κ3) is 3.28. The van der Waals surface area contributed by atoms with Crippen LogP contribution in [0.5, 0.6) is 0 Å². The molecular formula is C17H17Cl2NZr. The second kappa shape index (κ2) is 7.14. The maximum absolute atomic E-state index is 4.24. The van der Waals surface area contributed by atoms with Gasteiger partial charge in [-0.15, -0.1) is 0 Å². The number of halogens is 2. The molecule has 1 aromatic carbocycles. The molecule has 0 radical (unpaired) electrons. The van der Waals surface area contributed by atoms with E-state index in [1.807, 2.05) is 0 Å². The smallest absolute Gasteiger partial charge is 1.00 e. The predicted molar refractivity (Wildman–Crippen MR) is 77.3 cm³/mol. The zero-order valence-electron chi connectivity index (χ0n) is 12.3. The Morgan fingerprint density at radius 3 is 2.29 bits per heavy atom. The number of hydrogen-bond donors (Lipinski definition) is 1. The van der Waals surface area contributed by atoms with Crippen molar-refractivity contribution in [2.45, 2.75) is 20.8 Å². The van der Waals surface area contributed by atoms with Crippen LogP contribution in [0.4, 0.5) is 0 Å². The summed E-state index contributed by atoms with van der Waals surface area (Å²) in [4.78, 5) is 3.59. The summed E-state index contributed by atoms with van der Waals surface area (Å²) in [6.45, 7) is 10.9. The summed E-state index contributed by atoms with van der Waals surface area (Å²) in [5, 5.41) is 2.74. The predicted octanol–water partition coefficient (Wildman–Crippen LogP) is -4.19. The van der Waals surface area contributed by atoms with Gasteiger partial charge in [-0.05, 0) is 0 Å². The molecule has 108 valence electrons. The van der Waals surface area contributed by atoms with Crippen molar-refractivity contribution in [3.63, 3.8) is 0 Å². The molecule has 0 saturated carbocycles. The number of nitrogens with one attached hydrogen (secondary N) is 1. The van der Waals surface area contributed by atoms with Gasteiger partial charge in [0.15, 0.2) is 0 Å². The fourth-order valence-corrected chi connectivity index (χ4v) is 6.14. The van der Waals surface area contributed by atoms with Crippen molar-refractivity contribution in [2.24, 2.45) is 0 Å². The summed E-state index contributed by atoms with van der Waals surface area (Å²) >= 11 is -0.810. The number of benzene rings is 1. The molecule has 0 saturated heterocycles. The van der Waals surface area contributed by atoms with Crippen LogP contribution in [-0.2, 0) is 23.2 Å². The van der Waals surface area contributed by atoms with Crippen LogP contribution in [-0.4, -0.2) is 4.98 Å². The van der Waals surface area contributed by atoms with Crippen LogP contribution < -0.4 is 38.7 Å². The molecule has 3 rings (SSSR count). The maximum atomic E-state index is 4.24. The monoisotopic (exact) mass is 395 g/mol. The van der Waals surface area contributed by atoms with E-state index in [0.717, 1.165) is 0 Å². The molecule has 1 aliphatic carbocycles. The minimum absolute atomic E-state index is 0. The van der Waals surface area contributed by atoms with E-state index >= 15 is 0 Å². The first-order chi connectivity index (χ1) is 9.08. The van der Waals surface area contributed by atoms with Crippen molar-refractivity contribution >= 4 is 12.8 Å². The standard InChI is InChI=1S/C10H7.C7H10N.2ClH.Zr/c1-8-6-9-4-2-3-5-10(9)7-8;1-5-4-8-7(3)6(5)2;;;/h2-6H,1H2;8H,1-3H3;2*1H;/q;;;;+2/p-2. The van der Waals surface area contributed by atoms with Gasteiger partial charge in [-0.1, -0.05) is 0 Å². The molecule has 1 nitrogen and oxygen atoms in total. The normalized spacial score (nSPS) is 12.0. The van der Waals surface area contributed by atoms with Gasteiger partial charge in [0.2, 0.25) is 0 Å². The topological polar surface area (TPSA) is 15.8 Å². The largest absolute Gasteiger partial charge is 1.00 e.